The van der Waals surface area contributed by atoms with E-state index in [1.165, 1.54) is 29.9 Å². The Morgan fingerprint density at radius 3 is 2.71 bits per heavy atom. The molecule has 2 N–H and O–H groups in total. The molecule has 3 aromatic rings. The average molecular weight is 423 g/mol. The smallest absolute Gasteiger partial charge is 0.275 e. The van der Waals surface area contributed by atoms with Crippen LogP contribution in [0.3, 0.4) is 0 Å². The number of pyridine rings is 1. The molecule has 0 aliphatic carbocycles. The summed E-state index contributed by atoms with van der Waals surface area (Å²) in [5.41, 5.74) is -0.0762. The van der Waals surface area contributed by atoms with E-state index in [0.717, 1.165) is 23.5 Å². The Hall–Kier alpha value is -2.56. The number of benzene rings is 1. The standard InChI is InChI=1S/C18H15F2N3O3S2/c19-11-3-1-4-12(20)16(11)18-23-14(10-27-18)17(25)22-13-9-21-6-5-15(13)28(26)8-2-7-24/h1,3-6,9-10,24H,2,7-8H2,(H,22,25). The van der Waals surface area contributed by atoms with E-state index < -0.39 is 28.3 Å². The van der Waals surface area contributed by atoms with Crippen LogP contribution < -0.4 is 5.32 Å². The molecule has 2 aromatic heterocycles. The van der Waals surface area contributed by atoms with Crippen molar-refractivity contribution >= 4 is 33.7 Å². The van der Waals surface area contributed by atoms with Crippen molar-refractivity contribution in [3.63, 3.8) is 0 Å². The molecule has 1 atom stereocenters. The van der Waals surface area contributed by atoms with E-state index in [-0.39, 0.29) is 34.3 Å². The van der Waals surface area contributed by atoms with Gasteiger partial charge in [0.1, 0.15) is 22.3 Å². The number of aliphatic hydroxyl groups excluding tert-OH is 1. The molecule has 1 aromatic carbocycles. The Bertz CT molecular complexity index is 1010. The number of rotatable bonds is 7. The summed E-state index contributed by atoms with van der Waals surface area (Å²) in [5.74, 6) is -1.92. The largest absolute Gasteiger partial charge is 0.396 e. The number of aromatic nitrogens is 2. The first-order valence-corrected chi connectivity index (χ1v) is 10.4. The Kier molecular flexibility index (Phi) is 6.55. The van der Waals surface area contributed by atoms with E-state index in [0.29, 0.717) is 11.3 Å². The molecule has 0 bridgehead atoms. The molecule has 0 saturated heterocycles. The number of carbonyl (C=O) groups is 1. The third kappa shape index (κ3) is 4.46. The monoisotopic (exact) mass is 423 g/mol. The highest BCUT2D eigenvalue weighted by molar-refractivity contribution is 7.85. The van der Waals surface area contributed by atoms with Crippen molar-refractivity contribution in [3.05, 3.63) is 59.4 Å². The maximum atomic E-state index is 13.9. The molecule has 0 fully saturated rings. The molecule has 1 unspecified atom stereocenters. The first kappa shape index (κ1) is 20.2. The second-order valence-electron chi connectivity index (χ2n) is 5.59. The number of aliphatic hydroxyl groups is 1. The number of halogens is 2. The molecule has 146 valence electrons. The first-order chi connectivity index (χ1) is 13.5. The van der Waals surface area contributed by atoms with Gasteiger partial charge in [-0.15, -0.1) is 11.3 Å². The van der Waals surface area contributed by atoms with Crippen LogP contribution >= 0.6 is 11.3 Å². The topological polar surface area (TPSA) is 92.2 Å². The molecule has 0 spiro atoms. The number of thiazole rings is 1. The Morgan fingerprint density at radius 1 is 1.25 bits per heavy atom. The Morgan fingerprint density at radius 2 is 2.00 bits per heavy atom. The van der Waals surface area contributed by atoms with Gasteiger partial charge in [-0.2, -0.15) is 0 Å². The van der Waals surface area contributed by atoms with E-state index in [1.807, 2.05) is 0 Å². The van der Waals surface area contributed by atoms with Gasteiger partial charge in [-0.05, 0) is 24.6 Å². The average Bonchev–Trinajstić information content (AvgIpc) is 3.16. The van der Waals surface area contributed by atoms with Crippen LogP contribution in [0.1, 0.15) is 16.9 Å². The highest BCUT2D eigenvalue weighted by atomic mass is 32.2. The lowest BCUT2D eigenvalue weighted by Crippen LogP contribution is -2.15. The van der Waals surface area contributed by atoms with Gasteiger partial charge < -0.3 is 10.4 Å². The van der Waals surface area contributed by atoms with Crippen LogP contribution in [0, 0.1) is 11.6 Å². The van der Waals surface area contributed by atoms with E-state index in [4.69, 9.17) is 5.11 Å². The van der Waals surface area contributed by atoms with Crippen molar-refractivity contribution < 1.29 is 22.9 Å². The van der Waals surface area contributed by atoms with Gasteiger partial charge in [0.25, 0.3) is 5.91 Å². The summed E-state index contributed by atoms with van der Waals surface area (Å²) in [6.07, 6.45) is 3.16. The Balaban J connectivity index is 1.82. The third-order valence-corrected chi connectivity index (χ3v) is 6.04. The van der Waals surface area contributed by atoms with Crippen LogP contribution in [0.2, 0.25) is 0 Å². The number of hydrogen-bond donors (Lipinski definition) is 2. The lowest BCUT2D eigenvalue weighted by molar-refractivity contribution is 0.102. The van der Waals surface area contributed by atoms with Gasteiger partial charge in [0.15, 0.2) is 0 Å². The first-order valence-electron chi connectivity index (χ1n) is 8.15. The van der Waals surface area contributed by atoms with Crippen LogP contribution in [-0.4, -0.2) is 37.6 Å². The molecule has 1 amide bonds. The summed E-state index contributed by atoms with van der Waals surface area (Å²) >= 11 is 0.936. The molecule has 0 saturated carbocycles. The van der Waals surface area contributed by atoms with Gasteiger partial charge in [-0.3, -0.25) is 14.0 Å². The van der Waals surface area contributed by atoms with Gasteiger partial charge in [0.2, 0.25) is 0 Å². The number of amides is 1. The fraction of sp³-hybridized carbons (Fsp3) is 0.167. The van der Waals surface area contributed by atoms with E-state index in [9.17, 15) is 17.8 Å². The van der Waals surface area contributed by atoms with Gasteiger partial charge in [0, 0.05) is 23.9 Å². The van der Waals surface area contributed by atoms with Crippen molar-refractivity contribution in [2.45, 2.75) is 11.3 Å². The summed E-state index contributed by atoms with van der Waals surface area (Å²) in [5, 5.41) is 12.9. The molecule has 6 nitrogen and oxygen atoms in total. The van der Waals surface area contributed by atoms with E-state index in [2.05, 4.69) is 15.3 Å². The van der Waals surface area contributed by atoms with E-state index in [1.54, 1.807) is 0 Å². The zero-order valence-corrected chi connectivity index (χ0v) is 16.0. The van der Waals surface area contributed by atoms with E-state index >= 15 is 0 Å². The van der Waals surface area contributed by atoms with Crippen LogP contribution in [0.5, 0.6) is 0 Å². The van der Waals surface area contributed by atoms with Gasteiger partial charge >= 0.3 is 0 Å². The zero-order valence-electron chi connectivity index (χ0n) is 14.4. The minimum Gasteiger partial charge on any atom is -0.396 e. The van der Waals surface area contributed by atoms with Crippen molar-refractivity contribution in [1.29, 1.82) is 0 Å². The lowest BCUT2D eigenvalue weighted by atomic mass is 10.2. The van der Waals surface area contributed by atoms with Crippen LogP contribution in [-0.2, 0) is 10.8 Å². The number of nitrogens with zero attached hydrogens (tertiary/aromatic N) is 2. The summed E-state index contributed by atoms with van der Waals surface area (Å²) < 4.78 is 40.1. The molecule has 28 heavy (non-hydrogen) atoms. The van der Waals surface area contributed by atoms with Gasteiger partial charge in [-0.1, -0.05) is 6.07 Å². The highest BCUT2D eigenvalue weighted by Gasteiger charge is 2.19. The maximum absolute atomic E-state index is 13.9. The lowest BCUT2D eigenvalue weighted by Gasteiger charge is -2.09. The summed E-state index contributed by atoms with van der Waals surface area (Å²) in [7, 11) is -1.43. The molecule has 0 radical (unpaired) electrons. The fourth-order valence-electron chi connectivity index (χ4n) is 2.36. The molecule has 0 aliphatic rings. The van der Waals surface area contributed by atoms with Crippen LogP contribution in [0.15, 0.2) is 46.9 Å². The quantitative estimate of drug-likeness (QED) is 0.609. The second kappa shape index (κ2) is 9.09. The normalized spacial score (nSPS) is 12.0. The molecular weight excluding hydrogens is 408 g/mol. The predicted molar refractivity (Wildman–Crippen MR) is 103 cm³/mol. The SMILES string of the molecule is O=C(Nc1cnccc1S(=O)CCCO)c1csc(-c2c(F)cccc2F)n1. The summed E-state index contributed by atoms with van der Waals surface area (Å²) in [6.45, 7) is -0.0906. The van der Waals surface area contributed by atoms with Crippen LogP contribution in [0.25, 0.3) is 10.6 Å². The zero-order chi connectivity index (χ0) is 20.1. The molecular formula is C18H15F2N3O3S2. The molecule has 10 heteroatoms. The predicted octanol–water partition coefficient (Wildman–Crippen LogP) is 3.23. The molecule has 0 aliphatic heterocycles. The molecule has 2 heterocycles. The number of nitrogens with one attached hydrogen (secondary N) is 1. The fourth-order valence-corrected chi connectivity index (χ4v) is 4.38. The van der Waals surface area contributed by atoms with Crippen molar-refractivity contribution in [2.24, 2.45) is 0 Å². The summed E-state index contributed by atoms with van der Waals surface area (Å²) in [4.78, 5) is 20.8. The Labute approximate surface area is 165 Å². The molecule has 3 rings (SSSR count). The van der Waals surface area contributed by atoms with Crippen molar-refractivity contribution in [1.82, 2.24) is 9.97 Å². The highest BCUT2D eigenvalue weighted by Crippen LogP contribution is 2.29. The number of carbonyl (C=O) groups excluding carboxylic acids is 1. The minimum absolute atomic E-state index is 0.0291. The second-order valence-corrected chi connectivity index (χ2v) is 7.98. The number of hydrogen-bond acceptors (Lipinski definition) is 6. The van der Waals surface area contributed by atoms with Crippen molar-refractivity contribution in [3.8, 4) is 10.6 Å². The van der Waals surface area contributed by atoms with Crippen molar-refractivity contribution in [2.75, 3.05) is 17.7 Å². The third-order valence-electron chi connectivity index (χ3n) is 3.68. The maximum Gasteiger partial charge on any atom is 0.275 e. The van der Waals surface area contributed by atoms with Gasteiger partial charge in [-0.25, -0.2) is 13.8 Å². The minimum atomic E-state index is -1.43. The van der Waals surface area contributed by atoms with Crippen LogP contribution in [0.4, 0.5) is 14.5 Å². The summed E-state index contributed by atoms with van der Waals surface area (Å²) in [6, 6.07) is 4.99. The van der Waals surface area contributed by atoms with Gasteiger partial charge in [0.05, 0.1) is 33.1 Å². The number of anilines is 1.